The van der Waals surface area contributed by atoms with E-state index >= 15 is 0 Å². The van der Waals surface area contributed by atoms with Crippen LogP contribution < -0.4 is 5.73 Å². The molecule has 0 spiro atoms. The van der Waals surface area contributed by atoms with E-state index in [2.05, 4.69) is 41.4 Å². The summed E-state index contributed by atoms with van der Waals surface area (Å²) in [6, 6.07) is 8.51. The number of carbonyl (C=O) groups is 1. The second kappa shape index (κ2) is 5.74. The number of nitrogens with one attached hydrogen (secondary N) is 1. The molecule has 2 aliphatic rings. The molecule has 126 valence electrons. The summed E-state index contributed by atoms with van der Waals surface area (Å²) >= 11 is 0. The summed E-state index contributed by atoms with van der Waals surface area (Å²) in [6.07, 6.45) is 5.51. The fourth-order valence-corrected chi connectivity index (χ4v) is 3.68. The molecule has 0 bridgehead atoms. The van der Waals surface area contributed by atoms with Crippen molar-refractivity contribution >= 4 is 5.91 Å². The number of piperidine rings is 1. The Bertz CT molecular complexity index is 754. The monoisotopic (exact) mass is 324 g/mol. The highest BCUT2D eigenvalue weighted by atomic mass is 16.2. The molecule has 0 unspecified atom stereocenters. The summed E-state index contributed by atoms with van der Waals surface area (Å²) in [5, 5.41) is 7.48. The Morgan fingerprint density at radius 2 is 2.08 bits per heavy atom. The standard InChI is InChI=1S/C19H24N4O/c1-13-3-2-4-15(11-13)16-12-21-22-17(16)14-5-9-23(10-6-14)18(24)19(20)7-8-19/h2-4,11-12,14H,5-10,20H2,1H3,(H,21,22). The van der Waals surface area contributed by atoms with Crippen molar-refractivity contribution in [1.29, 1.82) is 0 Å². The number of H-pyrrole nitrogens is 1. The first-order valence-electron chi connectivity index (χ1n) is 8.75. The number of amides is 1. The lowest BCUT2D eigenvalue weighted by molar-refractivity contribution is -0.134. The van der Waals surface area contributed by atoms with Crippen LogP contribution in [0.15, 0.2) is 30.5 Å². The van der Waals surface area contributed by atoms with Gasteiger partial charge in [0.05, 0.1) is 11.7 Å². The number of nitrogens with two attached hydrogens (primary N) is 1. The molecule has 2 aromatic rings. The van der Waals surface area contributed by atoms with Crippen LogP contribution in [0.25, 0.3) is 11.1 Å². The number of aryl methyl sites for hydroxylation is 1. The Labute approximate surface area is 142 Å². The SMILES string of the molecule is Cc1cccc(-c2cn[nH]c2C2CCN(C(=O)C3(N)CC3)CC2)c1. The molecular formula is C19H24N4O. The predicted molar refractivity (Wildman–Crippen MR) is 93.5 cm³/mol. The predicted octanol–water partition coefficient (Wildman–Crippen LogP) is 2.58. The second-order valence-corrected chi connectivity index (χ2v) is 7.29. The number of carbonyl (C=O) groups excluding carboxylic acids is 1. The van der Waals surface area contributed by atoms with Crippen molar-refractivity contribution in [1.82, 2.24) is 15.1 Å². The van der Waals surface area contributed by atoms with Gasteiger partial charge in [0.1, 0.15) is 0 Å². The van der Waals surface area contributed by atoms with Gasteiger partial charge in [0.2, 0.25) is 5.91 Å². The van der Waals surface area contributed by atoms with E-state index in [0.29, 0.717) is 5.92 Å². The van der Waals surface area contributed by atoms with Gasteiger partial charge < -0.3 is 10.6 Å². The normalized spacial score (nSPS) is 20.2. The number of aromatic nitrogens is 2. The molecule has 4 rings (SSSR count). The Hall–Kier alpha value is -2.14. The topological polar surface area (TPSA) is 75.0 Å². The van der Waals surface area contributed by atoms with Gasteiger partial charge in [-0.3, -0.25) is 9.89 Å². The Morgan fingerprint density at radius 1 is 1.33 bits per heavy atom. The molecule has 1 amide bonds. The van der Waals surface area contributed by atoms with Gasteiger partial charge in [-0.15, -0.1) is 0 Å². The molecule has 3 N–H and O–H groups in total. The van der Waals surface area contributed by atoms with E-state index in [9.17, 15) is 4.79 Å². The second-order valence-electron chi connectivity index (χ2n) is 7.29. The third-order valence-electron chi connectivity index (χ3n) is 5.40. The van der Waals surface area contributed by atoms with Gasteiger partial charge in [0, 0.05) is 30.3 Å². The van der Waals surface area contributed by atoms with E-state index < -0.39 is 5.54 Å². The molecule has 1 aliphatic heterocycles. The zero-order valence-electron chi connectivity index (χ0n) is 14.1. The highest BCUT2D eigenvalue weighted by Crippen LogP contribution is 2.38. The summed E-state index contributed by atoms with van der Waals surface area (Å²) in [5.41, 5.74) is 10.3. The van der Waals surface area contributed by atoms with E-state index in [0.717, 1.165) is 38.8 Å². The summed E-state index contributed by atoms with van der Waals surface area (Å²) in [7, 11) is 0. The molecule has 1 aromatic heterocycles. The minimum absolute atomic E-state index is 0.143. The maximum Gasteiger partial charge on any atom is 0.242 e. The van der Waals surface area contributed by atoms with Gasteiger partial charge in [-0.25, -0.2) is 0 Å². The van der Waals surface area contributed by atoms with Crippen LogP contribution in [-0.4, -0.2) is 39.6 Å². The van der Waals surface area contributed by atoms with E-state index in [1.807, 2.05) is 11.1 Å². The van der Waals surface area contributed by atoms with Crippen molar-refractivity contribution in [3.05, 3.63) is 41.7 Å². The largest absolute Gasteiger partial charge is 0.341 e. The van der Waals surface area contributed by atoms with Crippen molar-refractivity contribution in [2.24, 2.45) is 5.73 Å². The minimum atomic E-state index is -0.548. The molecule has 1 aliphatic carbocycles. The van der Waals surface area contributed by atoms with Crippen LogP contribution in [0.2, 0.25) is 0 Å². The molecule has 0 atom stereocenters. The van der Waals surface area contributed by atoms with Crippen molar-refractivity contribution < 1.29 is 4.79 Å². The van der Waals surface area contributed by atoms with Gasteiger partial charge >= 0.3 is 0 Å². The van der Waals surface area contributed by atoms with Crippen molar-refractivity contribution in [3.8, 4) is 11.1 Å². The molecular weight excluding hydrogens is 300 g/mol. The maximum atomic E-state index is 12.4. The zero-order valence-corrected chi connectivity index (χ0v) is 14.1. The van der Waals surface area contributed by atoms with E-state index in [-0.39, 0.29) is 5.91 Å². The number of aromatic amines is 1. The summed E-state index contributed by atoms with van der Waals surface area (Å²) in [4.78, 5) is 14.3. The summed E-state index contributed by atoms with van der Waals surface area (Å²) in [5.74, 6) is 0.560. The Morgan fingerprint density at radius 3 is 2.75 bits per heavy atom. The summed E-state index contributed by atoms with van der Waals surface area (Å²) in [6.45, 7) is 3.68. The lowest BCUT2D eigenvalue weighted by Gasteiger charge is -2.33. The number of benzene rings is 1. The molecule has 0 radical (unpaired) electrons. The molecule has 5 nitrogen and oxygen atoms in total. The fourth-order valence-electron chi connectivity index (χ4n) is 3.68. The van der Waals surface area contributed by atoms with Crippen LogP contribution in [0, 0.1) is 6.92 Å². The quantitative estimate of drug-likeness (QED) is 0.911. The number of nitrogens with zero attached hydrogens (tertiary/aromatic N) is 2. The summed E-state index contributed by atoms with van der Waals surface area (Å²) < 4.78 is 0. The van der Waals surface area contributed by atoms with Crippen LogP contribution in [0.1, 0.15) is 42.9 Å². The van der Waals surface area contributed by atoms with Gasteiger partial charge in [-0.05, 0) is 38.2 Å². The molecule has 24 heavy (non-hydrogen) atoms. The fraction of sp³-hybridized carbons (Fsp3) is 0.474. The molecule has 5 heteroatoms. The van der Waals surface area contributed by atoms with Crippen molar-refractivity contribution in [3.63, 3.8) is 0 Å². The van der Waals surface area contributed by atoms with Crippen LogP contribution in [0.3, 0.4) is 0 Å². The lowest BCUT2D eigenvalue weighted by Crippen LogP contribution is -2.48. The van der Waals surface area contributed by atoms with Gasteiger partial charge in [0.25, 0.3) is 0 Å². The van der Waals surface area contributed by atoms with E-state index in [4.69, 9.17) is 5.73 Å². The first-order valence-corrected chi connectivity index (χ1v) is 8.75. The smallest absolute Gasteiger partial charge is 0.242 e. The minimum Gasteiger partial charge on any atom is -0.341 e. The van der Waals surface area contributed by atoms with E-state index in [1.165, 1.54) is 22.4 Å². The Kier molecular flexibility index (Phi) is 3.68. The zero-order chi connectivity index (χ0) is 16.7. The molecule has 1 aromatic carbocycles. The first kappa shape index (κ1) is 15.4. The van der Waals surface area contributed by atoms with E-state index in [1.54, 1.807) is 0 Å². The lowest BCUT2D eigenvalue weighted by atomic mass is 9.89. The van der Waals surface area contributed by atoms with Gasteiger partial charge in [-0.1, -0.05) is 29.8 Å². The van der Waals surface area contributed by atoms with Crippen LogP contribution in [0.5, 0.6) is 0 Å². The first-order chi connectivity index (χ1) is 11.6. The van der Waals surface area contributed by atoms with Crippen LogP contribution in [0.4, 0.5) is 0 Å². The van der Waals surface area contributed by atoms with Crippen LogP contribution >= 0.6 is 0 Å². The van der Waals surface area contributed by atoms with Crippen LogP contribution in [-0.2, 0) is 4.79 Å². The van der Waals surface area contributed by atoms with Gasteiger partial charge in [-0.2, -0.15) is 5.10 Å². The molecule has 1 saturated carbocycles. The highest BCUT2D eigenvalue weighted by Gasteiger charge is 2.48. The van der Waals surface area contributed by atoms with Gasteiger partial charge in [0.15, 0.2) is 0 Å². The van der Waals surface area contributed by atoms with Crippen molar-refractivity contribution in [2.45, 2.75) is 44.1 Å². The molecule has 2 heterocycles. The number of likely N-dealkylation sites (tertiary alicyclic amines) is 1. The average molecular weight is 324 g/mol. The Balaban J connectivity index is 1.49. The number of hydrogen-bond donors (Lipinski definition) is 2. The number of hydrogen-bond acceptors (Lipinski definition) is 3. The third-order valence-corrected chi connectivity index (χ3v) is 5.40. The third kappa shape index (κ3) is 2.73. The van der Waals surface area contributed by atoms with Crippen molar-refractivity contribution in [2.75, 3.05) is 13.1 Å². The number of rotatable bonds is 3. The molecule has 1 saturated heterocycles. The molecule has 2 fully saturated rings. The maximum absolute atomic E-state index is 12.4. The average Bonchev–Trinajstić information content (AvgIpc) is 3.16. The highest BCUT2D eigenvalue weighted by molar-refractivity contribution is 5.89.